The van der Waals surface area contributed by atoms with Crippen LogP contribution >= 0.6 is 11.6 Å². The number of hydrogen-bond donors (Lipinski definition) is 4. The summed E-state index contributed by atoms with van der Waals surface area (Å²) in [4.78, 5) is 22.1. The fourth-order valence-electron chi connectivity index (χ4n) is 3.39. The van der Waals surface area contributed by atoms with Gasteiger partial charge in [0.05, 0.1) is 5.02 Å². The van der Waals surface area contributed by atoms with Crippen LogP contribution in [0.1, 0.15) is 16.7 Å². The number of hydrogen-bond acceptors (Lipinski definition) is 7. The number of rotatable bonds is 7. The highest BCUT2D eigenvalue weighted by atomic mass is 35.5. The van der Waals surface area contributed by atoms with E-state index in [9.17, 15) is 14.7 Å². The lowest BCUT2D eigenvalue weighted by molar-refractivity contribution is -0.147. The van der Waals surface area contributed by atoms with E-state index < -0.39 is 11.9 Å². The molecule has 10 heteroatoms. The molecule has 3 aromatic carbocycles. The van der Waals surface area contributed by atoms with Gasteiger partial charge in [-0.15, -0.1) is 0 Å². The molecular weight excluding hydrogens is 464 g/mol. The molecule has 0 saturated heterocycles. The quantitative estimate of drug-likeness (QED) is 0.368. The van der Waals surface area contributed by atoms with Gasteiger partial charge < -0.3 is 35.1 Å². The molecule has 4 N–H and O–H groups in total. The van der Waals surface area contributed by atoms with E-state index >= 15 is 0 Å². The lowest BCUT2D eigenvalue weighted by Crippen LogP contribution is -2.21. The molecule has 0 aromatic heterocycles. The van der Waals surface area contributed by atoms with Crippen LogP contribution in [-0.4, -0.2) is 28.9 Å². The first-order valence-corrected chi connectivity index (χ1v) is 10.6. The second-order valence-corrected chi connectivity index (χ2v) is 7.95. The number of halogens is 1. The summed E-state index contributed by atoms with van der Waals surface area (Å²) in [6.45, 7) is 2.86. The highest BCUT2D eigenvalue weighted by molar-refractivity contribution is 6.37. The average molecular weight is 485 g/mol. The molecule has 1 aliphatic heterocycles. The SMILES string of the molecule is Cc1cc(NC(=O)C(=O)O)cc(Cl)c1Oc1ccc(O)c(CNCc2ccc3c(c2)OCO3)c1. The summed E-state index contributed by atoms with van der Waals surface area (Å²) in [6.07, 6.45) is 0. The Balaban J connectivity index is 1.42. The van der Waals surface area contributed by atoms with Gasteiger partial charge in [-0.1, -0.05) is 17.7 Å². The number of carboxylic acids is 1. The highest BCUT2D eigenvalue weighted by Crippen LogP contribution is 2.37. The molecule has 0 atom stereocenters. The molecular formula is C24H21ClN2O7. The number of amides is 1. The monoisotopic (exact) mass is 484 g/mol. The average Bonchev–Trinajstić information content (AvgIpc) is 3.26. The van der Waals surface area contributed by atoms with E-state index in [1.165, 1.54) is 12.1 Å². The lowest BCUT2D eigenvalue weighted by atomic mass is 10.1. The fraction of sp³-hybridized carbons (Fsp3) is 0.167. The standard InChI is InChI=1S/C24H21ClN2O7/c1-13-6-16(27-23(29)24(30)31)9-18(25)22(13)34-17-3-4-19(28)15(8-17)11-26-10-14-2-5-20-21(7-14)33-12-32-20/h2-9,26,28H,10-12H2,1H3,(H,27,29)(H,30,31). The predicted molar refractivity (Wildman–Crippen MR) is 124 cm³/mol. The molecule has 9 nitrogen and oxygen atoms in total. The molecule has 0 aliphatic carbocycles. The number of ether oxygens (including phenoxy) is 3. The van der Waals surface area contributed by atoms with Crippen molar-refractivity contribution in [3.05, 3.63) is 70.2 Å². The Bertz CT molecular complexity index is 1240. The third-order valence-electron chi connectivity index (χ3n) is 5.03. The maximum Gasteiger partial charge on any atom is 0.394 e. The van der Waals surface area contributed by atoms with Gasteiger partial charge in [-0.2, -0.15) is 0 Å². The van der Waals surface area contributed by atoms with Crippen LogP contribution in [0.3, 0.4) is 0 Å². The molecule has 3 aromatic rings. The number of nitrogens with one attached hydrogen (secondary N) is 2. The van der Waals surface area contributed by atoms with Gasteiger partial charge in [-0.25, -0.2) is 4.79 Å². The van der Waals surface area contributed by atoms with Gasteiger partial charge in [0.25, 0.3) is 0 Å². The van der Waals surface area contributed by atoms with E-state index in [2.05, 4.69) is 10.6 Å². The summed E-state index contributed by atoms with van der Waals surface area (Å²) < 4.78 is 16.6. The second kappa shape index (κ2) is 9.90. The van der Waals surface area contributed by atoms with Gasteiger partial charge in [-0.3, -0.25) is 4.79 Å². The molecule has 4 rings (SSSR count). The Kier molecular flexibility index (Phi) is 6.76. The molecule has 0 bridgehead atoms. The summed E-state index contributed by atoms with van der Waals surface area (Å²) in [6, 6.07) is 13.5. The minimum Gasteiger partial charge on any atom is -0.508 e. The van der Waals surface area contributed by atoms with Crippen LogP contribution in [0.4, 0.5) is 5.69 Å². The first-order valence-electron chi connectivity index (χ1n) is 10.2. The third-order valence-corrected chi connectivity index (χ3v) is 5.31. The first kappa shape index (κ1) is 23.2. The Morgan fingerprint density at radius 2 is 1.85 bits per heavy atom. The minimum atomic E-state index is -1.60. The van der Waals surface area contributed by atoms with Gasteiger partial charge in [-0.05, 0) is 60.5 Å². The van der Waals surface area contributed by atoms with Crippen LogP contribution < -0.4 is 24.8 Å². The number of phenols is 1. The van der Waals surface area contributed by atoms with Crippen molar-refractivity contribution in [1.29, 1.82) is 0 Å². The fourth-order valence-corrected chi connectivity index (χ4v) is 3.70. The van der Waals surface area contributed by atoms with Crippen molar-refractivity contribution in [3.8, 4) is 28.7 Å². The summed E-state index contributed by atoms with van der Waals surface area (Å²) in [5, 5.41) is 24.7. The van der Waals surface area contributed by atoms with Gasteiger partial charge in [0.1, 0.15) is 17.2 Å². The van der Waals surface area contributed by atoms with Crippen molar-refractivity contribution in [2.75, 3.05) is 12.1 Å². The topological polar surface area (TPSA) is 126 Å². The maximum absolute atomic E-state index is 11.4. The Labute approximate surface area is 199 Å². The van der Waals surface area contributed by atoms with E-state index in [0.29, 0.717) is 41.5 Å². The number of aliphatic carboxylic acids is 1. The summed E-state index contributed by atoms with van der Waals surface area (Å²) >= 11 is 6.31. The molecule has 1 heterocycles. The number of fused-ring (bicyclic) bond motifs is 1. The van der Waals surface area contributed by atoms with Gasteiger partial charge in [0.15, 0.2) is 11.5 Å². The van der Waals surface area contributed by atoms with Crippen LogP contribution in [0.15, 0.2) is 48.5 Å². The molecule has 0 fully saturated rings. The zero-order valence-corrected chi connectivity index (χ0v) is 18.8. The van der Waals surface area contributed by atoms with Gasteiger partial charge in [0.2, 0.25) is 6.79 Å². The van der Waals surface area contributed by atoms with Crippen LogP contribution in [0, 0.1) is 6.92 Å². The summed E-state index contributed by atoms with van der Waals surface area (Å²) in [5.74, 6) is -0.431. The third kappa shape index (κ3) is 5.33. The van der Waals surface area contributed by atoms with Crippen LogP contribution in [0.25, 0.3) is 0 Å². The van der Waals surface area contributed by atoms with Crippen molar-refractivity contribution in [2.24, 2.45) is 0 Å². The number of phenolic OH excluding ortho intramolecular Hbond substituents is 1. The Morgan fingerprint density at radius 3 is 2.62 bits per heavy atom. The number of aromatic hydroxyl groups is 1. The number of anilines is 1. The number of aryl methyl sites for hydroxylation is 1. The van der Waals surface area contributed by atoms with Gasteiger partial charge >= 0.3 is 11.9 Å². The minimum absolute atomic E-state index is 0.111. The zero-order chi connectivity index (χ0) is 24.2. The van der Waals surface area contributed by atoms with E-state index in [1.54, 1.807) is 25.1 Å². The van der Waals surface area contributed by atoms with E-state index in [-0.39, 0.29) is 23.3 Å². The summed E-state index contributed by atoms with van der Waals surface area (Å²) in [7, 11) is 0. The smallest absolute Gasteiger partial charge is 0.394 e. The van der Waals surface area contributed by atoms with Crippen LogP contribution in [0.2, 0.25) is 5.02 Å². The predicted octanol–water partition coefficient (Wildman–Crippen LogP) is 4.19. The zero-order valence-electron chi connectivity index (χ0n) is 18.1. The Morgan fingerprint density at radius 1 is 1.06 bits per heavy atom. The van der Waals surface area contributed by atoms with Crippen molar-refractivity contribution < 1.29 is 34.0 Å². The van der Waals surface area contributed by atoms with E-state index in [1.807, 2.05) is 18.2 Å². The molecule has 0 saturated carbocycles. The number of carboxylic acid groups (broad SMARTS) is 1. The molecule has 0 radical (unpaired) electrons. The van der Waals surface area contributed by atoms with E-state index in [4.69, 9.17) is 30.9 Å². The first-order chi connectivity index (χ1) is 16.3. The molecule has 0 unspecified atom stereocenters. The highest BCUT2D eigenvalue weighted by Gasteiger charge is 2.16. The maximum atomic E-state index is 11.4. The summed E-state index contributed by atoms with van der Waals surface area (Å²) in [5.41, 5.74) is 2.45. The van der Waals surface area contributed by atoms with E-state index in [0.717, 1.165) is 11.3 Å². The second-order valence-electron chi connectivity index (χ2n) is 7.55. The largest absolute Gasteiger partial charge is 0.508 e. The van der Waals surface area contributed by atoms with Crippen molar-refractivity contribution >= 4 is 29.2 Å². The van der Waals surface area contributed by atoms with Crippen LogP contribution in [0.5, 0.6) is 28.7 Å². The van der Waals surface area contributed by atoms with Crippen molar-refractivity contribution in [2.45, 2.75) is 20.0 Å². The number of carbonyl (C=O) groups excluding carboxylic acids is 1. The molecule has 176 valence electrons. The number of benzene rings is 3. The van der Waals surface area contributed by atoms with Crippen molar-refractivity contribution in [3.63, 3.8) is 0 Å². The number of carbonyl (C=O) groups is 2. The van der Waals surface area contributed by atoms with Crippen molar-refractivity contribution in [1.82, 2.24) is 5.32 Å². The Hall–Kier alpha value is -3.95. The molecule has 0 spiro atoms. The molecule has 1 aliphatic rings. The van der Waals surface area contributed by atoms with Gasteiger partial charge in [0, 0.05) is 24.3 Å². The normalized spacial score (nSPS) is 11.8. The van der Waals surface area contributed by atoms with Crippen LogP contribution in [-0.2, 0) is 22.7 Å². The molecule has 1 amide bonds. The lowest BCUT2D eigenvalue weighted by Gasteiger charge is -2.14. The molecule has 34 heavy (non-hydrogen) atoms.